The first kappa shape index (κ1) is 18.0. The van der Waals surface area contributed by atoms with Crippen molar-refractivity contribution in [3.63, 3.8) is 0 Å². The summed E-state index contributed by atoms with van der Waals surface area (Å²) < 4.78 is 5.27. The van der Waals surface area contributed by atoms with E-state index in [9.17, 15) is 9.59 Å². The maximum Gasteiger partial charge on any atom is 0.258 e. The molecule has 0 aliphatic heterocycles. The molecule has 0 spiro atoms. The molecule has 2 rings (SSSR count). The molecule has 1 aromatic carbocycles. The van der Waals surface area contributed by atoms with Crippen LogP contribution in [-0.2, 0) is 16.1 Å². The summed E-state index contributed by atoms with van der Waals surface area (Å²) in [6.07, 6.45) is 1.64. The average molecular weight is 368 g/mol. The summed E-state index contributed by atoms with van der Waals surface area (Å²) in [4.78, 5) is 27.4. The van der Waals surface area contributed by atoms with Crippen molar-refractivity contribution in [2.75, 3.05) is 13.2 Å². The Morgan fingerprint density at radius 1 is 1.08 bits per heavy atom. The molecule has 0 saturated carbocycles. The molecule has 0 saturated heterocycles. The zero-order valence-corrected chi connectivity index (χ0v) is 14.1. The van der Waals surface area contributed by atoms with Crippen LogP contribution in [0.5, 0.6) is 5.75 Å². The molecule has 0 bridgehead atoms. The topological polar surface area (TPSA) is 80.3 Å². The average Bonchev–Trinajstić information content (AvgIpc) is 2.58. The highest BCUT2D eigenvalue weighted by Gasteiger charge is 2.08. The molecule has 2 N–H and O–H groups in total. The van der Waals surface area contributed by atoms with Crippen LogP contribution in [0.4, 0.5) is 0 Å². The first-order chi connectivity index (χ1) is 11.5. The Morgan fingerprint density at radius 3 is 2.62 bits per heavy atom. The van der Waals surface area contributed by atoms with Gasteiger partial charge in [-0.15, -0.1) is 0 Å². The van der Waals surface area contributed by atoms with E-state index in [-0.39, 0.29) is 19.1 Å². The minimum atomic E-state index is -0.436. The van der Waals surface area contributed by atoms with Crippen molar-refractivity contribution in [1.82, 2.24) is 15.6 Å². The van der Waals surface area contributed by atoms with Crippen LogP contribution in [0.15, 0.2) is 42.6 Å². The van der Waals surface area contributed by atoms with Crippen molar-refractivity contribution < 1.29 is 14.3 Å². The van der Waals surface area contributed by atoms with Crippen molar-refractivity contribution >= 4 is 35.0 Å². The second-order valence-electron chi connectivity index (χ2n) is 4.74. The monoisotopic (exact) mass is 367 g/mol. The Morgan fingerprint density at radius 2 is 1.92 bits per heavy atom. The summed E-state index contributed by atoms with van der Waals surface area (Å²) in [5.74, 6) is -0.414. The molecule has 0 unspecified atom stereocenters. The fourth-order valence-corrected chi connectivity index (χ4v) is 2.18. The lowest BCUT2D eigenvalue weighted by atomic mass is 10.3. The van der Waals surface area contributed by atoms with Crippen LogP contribution in [-0.4, -0.2) is 29.9 Å². The molecule has 0 fully saturated rings. The summed E-state index contributed by atoms with van der Waals surface area (Å²) in [5.41, 5.74) is 0.734. The van der Waals surface area contributed by atoms with Crippen molar-refractivity contribution in [2.45, 2.75) is 6.54 Å². The molecule has 6 nitrogen and oxygen atoms in total. The highest BCUT2D eigenvalue weighted by molar-refractivity contribution is 6.35. The second kappa shape index (κ2) is 9.10. The fourth-order valence-electron chi connectivity index (χ4n) is 1.72. The number of aromatic nitrogens is 1. The quantitative estimate of drug-likeness (QED) is 0.785. The van der Waals surface area contributed by atoms with Gasteiger partial charge in [0, 0.05) is 11.2 Å². The van der Waals surface area contributed by atoms with Gasteiger partial charge in [-0.1, -0.05) is 29.3 Å². The molecule has 8 heteroatoms. The number of ether oxygens (including phenoxy) is 1. The Hall–Kier alpha value is -2.31. The minimum Gasteiger partial charge on any atom is -0.482 e. The molecule has 0 aliphatic carbocycles. The number of rotatable bonds is 7. The van der Waals surface area contributed by atoms with Crippen molar-refractivity contribution in [2.24, 2.45) is 0 Å². The summed E-state index contributed by atoms with van der Waals surface area (Å²) in [5, 5.41) is 5.89. The maximum absolute atomic E-state index is 11.7. The van der Waals surface area contributed by atoms with Crippen molar-refractivity contribution in [3.8, 4) is 5.75 Å². The third kappa shape index (κ3) is 6.06. The molecule has 2 amide bonds. The van der Waals surface area contributed by atoms with Gasteiger partial charge in [0.2, 0.25) is 5.91 Å². The Balaban J connectivity index is 1.68. The van der Waals surface area contributed by atoms with E-state index in [0.29, 0.717) is 22.3 Å². The third-order valence-electron chi connectivity index (χ3n) is 2.89. The highest BCUT2D eigenvalue weighted by Crippen LogP contribution is 2.27. The van der Waals surface area contributed by atoms with Crippen LogP contribution in [0.25, 0.3) is 0 Å². The molecule has 2 aromatic rings. The Kier molecular flexibility index (Phi) is 6.84. The smallest absolute Gasteiger partial charge is 0.258 e. The maximum atomic E-state index is 11.7. The Bertz CT molecular complexity index is 711. The first-order valence-corrected chi connectivity index (χ1v) is 7.81. The number of pyridine rings is 1. The van der Waals surface area contributed by atoms with Crippen LogP contribution >= 0.6 is 23.2 Å². The molecule has 1 aromatic heterocycles. The van der Waals surface area contributed by atoms with E-state index in [1.54, 1.807) is 30.5 Å². The molecular weight excluding hydrogens is 353 g/mol. The van der Waals surface area contributed by atoms with E-state index in [4.69, 9.17) is 27.9 Å². The summed E-state index contributed by atoms with van der Waals surface area (Å²) >= 11 is 11.7. The zero-order chi connectivity index (χ0) is 17.4. The van der Waals surface area contributed by atoms with Crippen LogP contribution in [0, 0.1) is 0 Å². The number of carbonyl (C=O) groups excluding carboxylic acids is 2. The van der Waals surface area contributed by atoms with Gasteiger partial charge in [0.1, 0.15) is 5.75 Å². The van der Waals surface area contributed by atoms with Gasteiger partial charge in [0.05, 0.1) is 23.8 Å². The molecule has 126 valence electrons. The summed E-state index contributed by atoms with van der Waals surface area (Å²) in [6, 6.07) is 10.1. The van der Waals surface area contributed by atoms with Crippen LogP contribution in [0.2, 0.25) is 10.0 Å². The van der Waals surface area contributed by atoms with E-state index < -0.39 is 5.91 Å². The van der Waals surface area contributed by atoms with Gasteiger partial charge in [-0.25, -0.2) is 0 Å². The van der Waals surface area contributed by atoms with E-state index >= 15 is 0 Å². The number of hydrogen-bond acceptors (Lipinski definition) is 4. The molecular formula is C16H15Cl2N3O3. The number of hydrogen-bond donors (Lipinski definition) is 2. The standard InChI is InChI=1S/C16H15Cl2N3O3/c17-11-4-5-14(13(18)7-11)24-10-16(23)21-9-15(22)20-8-12-3-1-2-6-19-12/h1-7H,8-10H2,(H,20,22)(H,21,23). The zero-order valence-electron chi connectivity index (χ0n) is 12.6. The number of nitrogens with one attached hydrogen (secondary N) is 2. The predicted octanol–water partition coefficient (Wildman–Crippen LogP) is 2.20. The number of benzene rings is 1. The summed E-state index contributed by atoms with van der Waals surface area (Å²) in [7, 11) is 0. The van der Waals surface area contributed by atoms with Crippen LogP contribution in [0.1, 0.15) is 5.69 Å². The number of carbonyl (C=O) groups is 2. The van der Waals surface area contributed by atoms with Crippen molar-refractivity contribution in [1.29, 1.82) is 0 Å². The first-order valence-electron chi connectivity index (χ1n) is 7.06. The van der Waals surface area contributed by atoms with E-state index in [1.807, 2.05) is 6.07 Å². The molecule has 1 heterocycles. The third-order valence-corrected chi connectivity index (χ3v) is 3.42. The molecule has 0 aliphatic rings. The van der Waals surface area contributed by atoms with E-state index in [1.165, 1.54) is 6.07 Å². The van der Waals surface area contributed by atoms with Gasteiger partial charge in [-0.3, -0.25) is 14.6 Å². The van der Waals surface area contributed by atoms with Crippen molar-refractivity contribution in [3.05, 3.63) is 58.3 Å². The number of nitrogens with zero attached hydrogens (tertiary/aromatic N) is 1. The predicted molar refractivity (Wildman–Crippen MR) is 91.1 cm³/mol. The fraction of sp³-hybridized carbons (Fsp3) is 0.188. The lowest BCUT2D eigenvalue weighted by molar-refractivity contribution is -0.127. The highest BCUT2D eigenvalue weighted by atomic mass is 35.5. The normalized spacial score (nSPS) is 10.1. The minimum absolute atomic E-state index is 0.149. The number of halogens is 2. The van der Waals surface area contributed by atoms with Gasteiger partial charge in [0.15, 0.2) is 6.61 Å². The van der Waals surface area contributed by atoms with Gasteiger partial charge in [-0.2, -0.15) is 0 Å². The Labute approximate surface area is 149 Å². The molecule has 0 radical (unpaired) electrons. The largest absolute Gasteiger partial charge is 0.482 e. The molecule has 0 atom stereocenters. The van der Waals surface area contributed by atoms with Crippen LogP contribution in [0.3, 0.4) is 0 Å². The number of amides is 2. The molecule has 24 heavy (non-hydrogen) atoms. The lowest BCUT2D eigenvalue weighted by Crippen LogP contribution is -2.38. The van der Waals surface area contributed by atoms with Gasteiger partial charge in [0.25, 0.3) is 5.91 Å². The van der Waals surface area contributed by atoms with Gasteiger partial charge < -0.3 is 15.4 Å². The van der Waals surface area contributed by atoms with E-state index in [2.05, 4.69) is 15.6 Å². The van der Waals surface area contributed by atoms with Gasteiger partial charge in [-0.05, 0) is 30.3 Å². The van der Waals surface area contributed by atoms with Crippen LogP contribution < -0.4 is 15.4 Å². The van der Waals surface area contributed by atoms with Gasteiger partial charge >= 0.3 is 0 Å². The van der Waals surface area contributed by atoms with E-state index in [0.717, 1.165) is 5.69 Å². The second-order valence-corrected chi connectivity index (χ2v) is 5.58. The lowest BCUT2D eigenvalue weighted by Gasteiger charge is -2.09. The SMILES string of the molecule is O=C(CNC(=O)COc1ccc(Cl)cc1Cl)NCc1ccccn1. The summed E-state index contributed by atoms with van der Waals surface area (Å²) in [6.45, 7) is -0.106.